The number of hydrogen-bond donors (Lipinski definition) is 1. The van der Waals surface area contributed by atoms with Crippen LogP contribution in [0.1, 0.15) is 47.2 Å². The van der Waals surface area contributed by atoms with Crippen LogP contribution in [-0.4, -0.2) is 27.1 Å². The molecule has 0 bridgehead atoms. The number of aliphatic carboxylic acids is 1. The molecule has 0 radical (unpaired) electrons. The summed E-state index contributed by atoms with van der Waals surface area (Å²) in [6, 6.07) is 21.5. The summed E-state index contributed by atoms with van der Waals surface area (Å²) in [5.41, 5.74) is 2.45. The van der Waals surface area contributed by atoms with Gasteiger partial charge in [-0.25, -0.2) is 0 Å². The summed E-state index contributed by atoms with van der Waals surface area (Å²) in [7, 11) is 0. The van der Waals surface area contributed by atoms with Crippen molar-refractivity contribution >= 4 is 16.9 Å². The lowest BCUT2D eigenvalue weighted by Gasteiger charge is -2.31. The summed E-state index contributed by atoms with van der Waals surface area (Å²) in [6.45, 7) is 1.08. The summed E-state index contributed by atoms with van der Waals surface area (Å²) in [4.78, 5) is 14.5. The summed E-state index contributed by atoms with van der Waals surface area (Å²) in [6.07, 6.45) is -1.24. The summed E-state index contributed by atoms with van der Waals surface area (Å²) < 4.78 is 42.1. The van der Waals surface area contributed by atoms with Crippen molar-refractivity contribution in [1.82, 2.24) is 9.47 Å². The van der Waals surface area contributed by atoms with E-state index < -0.39 is 29.8 Å². The van der Waals surface area contributed by atoms with Crippen molar-refractivity contribution < 1.29 is 23.1 Å². The van der Waals surface area contributed by atoms with Crippen LogP contribution in [-0.2, 0) is 17.5 Å². The number of carboxylic acids is 1. The molecule has 1 fully saturated rings. The number of carboxylic acid groups (broad SMARTS) is 1. The molecule has 1 aliphatic heterocycles. The molecule has 2 heterocycles. The van der Waals surface area contributed by atoms with E-state index in [0.717, 1.165) is 28.6 Å². The SMILES string of the molecule is O=C(O)C(c1cn(Cc2ccccc2)c2ccccc12)N1CCCC1c1cccc(C(F)(F)F)c1. The van der Waals surface area contributed by atoms with Crippen LogP contribution in [0.3, 0.4) is 0 Å². The lowest BCUT2D eigenvalue weighted by molar-refractivity contribution is -0.144. The van der Waals surface area contributed by atoms with Crippen LogP contribution in [0.25, 0.3) is 10.9 Å². The number of hydrogen-bond acceptors (Lipinski definition) is 2. The fraction of sp³-hybridized carbons (Fsp3) is 0.250. The molecule has 1 saturated heterocycles. The fourth-order valence-electron chi connectivity index (χ4n) is 5.24. The third-order valence-corrected chi connectivity index (χ3v) is 6.77. The zero-order valence-corrected chi connectivity index (χ0v) is 18.9. The van der Waals surface area contributed by atoms with Crippen LogP contribution in [0.2, 0.25) is 0 Å². The second-order valence-electron chi connectivity index (χ2n) is 8.97. The predicted molar refractivity (Wildman–Crippen MR) is 128 cm³/mol. The van der Waals surface area contributed by atoms with E-state index in [4.69, 9.17) is 0 Å². The largest absolute Gasteiger partial charge is 0.480 e. The Morgan fingerprint density at radius 1 is 1.00 bits per heavy atom. The number of rotatable bonds is 6. The Balaban J connectivity index is 1.56. The molecule has 5 rings (SSSR count). The number of likely N-dealkylation sites (tertiary alicyclic amines) is 1. The molecule has 1 N–H and O–H groups in total. The Kier molecular flexibility index (Phi) is 6.11. The molecule has 4 aromatic rings. The number of alkyl halides is 3. The number of benzene rings is 3. The topological polar surface area (TPSA) is 45.5 Å². The first-order valence-corrected chi connectivity index (χ1v) is 11.6. The second kappa shape index (κ2) is 9.23. The zero-order chi connectivity index (χ0) is 24.6. The maximum Gasteiger partial charge on any atom is 0.416 e. The summed E-state index contributed by atoms with van der Waals surface area (Å²) >= 11 is 0. The van der Waals surface area contributed by atoms with Crippen molar-refractivity contribution in [2.75, 3.05) is 6.54 Å². The van der Waals surface area contributed by atoms with E-state index >= 15 is 0 Å². The van der Waals surface area contributed by atoms with Gasteiger partial charge in [-0.05, 0) is 48.7 Å². The quantitative estimate of drug-likeness (QED) is 0.337. The number of aromatic nitrogens is 1. The molecule has 1 aromatic heterocycles. The number of carbonyl (C=O) groups is 1. The monoisotopic (exact) mass is 478 g/mol. The van der Waals surface area contributed by atoms with E-state index in [0.29, 0.717) is 37.1 Å². The van der Waals surface area contributed by atoms with Gasteiger partial charge in [-0.3, -0.25) is 9.69 Å². The van der Waals surface area contributed by atoms with Crippen LogP contribution in [0.15, 0.2) is 85.1 Å². The molecule has 0 saturated carbocycles. The van der Waals surface area contributed by atoms with E-state index in [-0.39, 0.29) is 0 Å². The van der Waals surface area contributed by atoms with Crippen molar-refractivity contribution in [2.24, 2.45) is 0 Å². The van der Waals surface area contributed by atoms with Gasteiger partial charge in [0, 0.05) is 35.2 Å². The van der Waals surface area contributed by atoms with Crippen molar-refractivity contribution in [2.45, 2.75) is 37.6 Å². The van der Waals surface area contributed by atoms with Crippen LogP contribution in [0.4, 0.5) is 13.2 Å². The molecule has 2 unspecified atom stereocenters. The smallest absolute Gasteiger partial charge is 0.416 e. The molecule has 180 valence electrons. The molecule has 1 aliphatic rings. The Hall–Kier alpha value is -3.58. The molecule has 2 atom stereocenters. The van der Waals surface area contributed by atoms with Crippen molar-refractivity contribution in [1.29, 1.82) is 0 Å². The lowest BCUT2D eigenvalue weighted by Crippen LogP contribution is -2.33. The zero-order valence-electron chi connectivity index (χ0n) is 18.9. The van der Waals surface area contributed by atoms with Crippen molar-refractivity contribution in [3.05, 3.63) is 107 Å². The van der Waals surface area contributed by atoms with E-state index in [2.05, 4.69) is 0 Å². The van der Waals surface area contributed by atoms with Gasteiger partial charge in [0.1, 0.15) is 6.04 Å². The first-order chi connectivity index (χ1) is 16.8. The maximum atomic E-state index is 13.3. The Labute approximate surface area is 201 Å². The van der Waals surface area contributed by atoms with Gasteiger partial charge in [0.15, 0.2) is 0 Å². The van der Waals surface area contributed by atoms with E-state index in [1.165, 1.54) is 6.07 Å². The average molecular weight is 479 g/mol. The van der Waals surface area contributed by atoms with Gasteiger partial charge in [-0.1, -0.05) is 60.7 Å². The first kappa shape index (κ1) is 23.2. The minimum absolute atomic E-state index is 0.408. The molecule has 35 heavy (non-hydrogen) atoms. The van der Waals surface area contributed by atoms with Crippen LogP contribution < -0.4 is 0 Å². The Bertz CT molecular complexity index is 1350. The molecule has 0 amide bonds. The highest BCUT2D eigenvalue weighted by Crippen LogP contribution is 2.42. The Morgan fingerprint density at radius 2 is 1.74 bits per heavy atom. The van der Waals surface area contributed by atoms with Gasteiger partial charge >= 0.3 is 12.1 Å². The van der Waals surface area contributed by atoms with Gasteiger partial charge in [0.2, 0.25) is 0 Å². The second-order valence-corrected chi connectivity index (χ2v) is 8.97. The van der Waals surface area contributed by atoms with Crippen LogP contribution >= 0.6 is 0 Å². The number of para-hydroxylation sites is 1. The predicted octanol–water partition coefficient (Wildman–Crippen LogP) is 6.67. The Morgan fingerprint density at radius 3 is 2.49 bits per heavy atom. The molecule has 7 heteroatoms. The van der Waals surface area contributed by atoms with E-state index in [1.54, 1.807) is 6.07 Å². The molecule has 0 aliphatic carbocycles. The third-order valence-electron chi connectivity index (χ3n) is 6.77. The standard InChI is InChI=1S/C28H25F3N2O2/c29-28(30,31)21-11-6-10-20(16-21)24-14-7-15-33(24)26(27(34)35)23-18-32(17-19-8-2-1-3-9-19)25-13-5-4-12-22(23)25/h1-6,8-13,16,18,24,26H,7,14-15,17H2,(H,34,35). The van der Waals surface area contributed by atoms with E-state index in [9.17, 15) is 23.1 Å². The molecular formula is C28H25F3N2O2. The fourth-order valence-corrected chi connectivity index (χ4v) is 5.24. The van der Waals surface area contributed by atoms with Crippen molar-refractivity contribution in [3.8, 4) is 0 Å². The number of fused-ring (bicyclic) bond motifs is 1. The maximum absolute atomic E-state index is 13.3. The molecule has 0 spiro atoms. The third kappa shape index (κ3) is 4.56. The summed E-state index contributed by atoms with van der Waals surface area (Å²) in [5, 5.41) is 11.2. The number of halogens is 3. The summed E-state index contributed by atoms with van der Waals surface area (Å²) in [5.74, 6) is -1.01. The molecular weight excluding hydrogens is 453 g/mol. The minimum atomic E-state index is -4.45. The molecule has 3 aromatic carbocycles. The molecule has 4 nitrogen and oxygen atoms in total. The number of nitrogens with zero attached hydrogens (tertiary/aromatic N) is 2. The highest BCUT2D eigenvalue weighted by molar-refractivity contribution is 5.89. The lowest BCUT2D eigenvalue weighted by atomic mass is 9.98. The highest BCUT2D eigenvalue weighted by Gasteiger charge is 2.39. The minimum Gasteiger partial charge on any atom is -0.480 e. The van der Waals surface area contributed by atoms with Crippen LogP contribution in [0.5, 0.6) is 0 Å². The van der Waals surface area contributed by atoms with Gasteiger partial charge in [0.25, 0.3) is 0 Å². The van der Waals surface area contributed by atoms with Gasteiger partial charge in [-0.2, -0.15) is 13.2 Å². The average Bonchev–Trinajstić information content (AvgIpc) is 3.45. The van der Waals surface area contributed by atoms with Crippen LogP contribution in [0, 0.1) is 0 Å². The normalized spacial score (nSPS) is 17.6. The van der Waals surface area contributed by atoms with Gasteiger partial charge < -0.3 is 9.67 Å². The van der Waals surface area contributed by atoms with E-state index in [1.807, 2.05) is 70.3 Å². The van der Waals surface area contributed by atoms with Gasteiger partial charge in [0.05, 0.1) is 5.56 Å². The first-order valence-electron chi connectivity index (χ1n) is 11.6. The van der Waals surface area contributed by atoms with Crippen molar-refractivity contribution in [3.63, 3.8) is 0 Å². The van der Waals surface area contributed by atoms with Gasteiger partial charge in [-0.15, -0.1) is 0 Å². The highest BCUT2D eigenvalue weighted by atomic mass is 19.4.